The zero-order chi connectivity index (χ0) is 40.8. The van der Waals surface area contributed by atoms with Crippen LogP contribution < -0.4 is 23.7 Å². The van der Waals surface area contributed by atoms with E-state index in [2.05, 4.69) is 112 Å². The molecule has 57 heavy (non-hydrogen) atoms. The monoisotopic (exact) mass is 842 g/mol. The zero-order valence-corrected chi connectivity index (χ0v) is 37.3. The second-order valence-electron chi connectivity index (χ2n) is 12.3. The Morgan fingerprint density at radius 1 is 0.351 bits per heavy atom. The number of ether oxygens (including phenoxy) is 5. The first-order valence-electron chi connectivity index (χ1n) is 17.7. The van der Waals surface area contributed by atoms with Gasteiger partial charge in [-0.15, -0.1) is 47.0 Å². The van der Waals surface area contributed by atoms with Crippen LogP contribution in [0.5, 0.6) is 34.5 Å². The Morgan fingerprint density at radius 3 is 0.877 bits per heavy atom. The summed E-state index contributed by atoms with van der Waals surface area (Å²) in [5.41, 5.74) is 2.48. The highest BCUT2D eigenvalue weighted by molar-refractivity contribution is 7.99. The van der Waals surface area contributed by atoms with E-state index in [1.807, 2.05) is 72.8 Å². The number of thioether (sulfide) groups is 4. The molecule has 0 saturated carbocycles. The third-order valence-corrected chi connectivity index (χ3v) is 11.5. The van der Waals surface area contributed by atoms with Gasteiger partial charge in [-0.1, -0.05) is 51.6 Å². The van der Waals surface area contributed by atoms with Crippen LogP contribution in [-0.4, -0.2) is 53.5 Å². The van der Waals surface area contributed by atoms with Crippen LogP contribution in [0.1, 0.15) is 32.4 Å². The lowest BCUT2D eigenvalue weighted by Gasteiger charge is -2.26. The van der Waals surface area contributed by atoms with Gasteiger partial charge in [0.25, 0.3) is 0 Å². The minimum Gasteiger partial charge on any atom is -0.497 e. The predicted octanol–water partition coefficient (Wildman–Crippen LogP) is 14.4. The molecule has 0 radical (unpaired) electrons. The van der Waals surface area contributed by atoms with Crippen molar-refractivity contribution < 1.29 is 23.7 Å². The summed E-state index contributed by atoms with van der Waals surface area (Å²) in [5, 5.41) is 0. The van der Waals surface area contributed by atoms with Crippen LogP contribution >= 0.6 is 47.0 Å². The Labute approximate surface area is 359 Å². The molecule has 5 nitrogen and oxygen atoms in total. The van der Waals surface area contributed by atoms with E-state index in [9.17, 15) is 0 Å². The fraction of sp³-hybridized carbons (Fsp3) is 0.250. The van der Waals surface area contributed by atoms with Crippen molar-refractivity contribution in [3.05, 3.63) is 157 Å². The smallest absolute Gasteiger partial charge is 0.127 e. The largest absolute Gasteiger partial charge is 0.497 e. The highest BCUT2D eigenvalue weighted by Gasteiger charge is 2.23. The van der Waals surface area contributed by atoms with E-state index in [1.54, 1.807) is 75.5 Å². The quantitative estimate of drug-likeness (QED) is 0.112. The van der Waals surface area contributed by atoms with Crippen LogP contribution in [0.4, 0.5) is 0 Å². The maximum absolute atomic E-state index is 5.67. The van der Waals surface area contributed by atoms with Crippen molar-refractivity contribution in [2.45, 2.75) is 46.3 Å². The molecule has 6 rings (SSSR count). The van der Waals surface area contributed by atoms with Gasteiger partial charge >= 0.3 is 0 Å². The molecule has 0 aliphatic heterocycles. The fourth-order valence-electron chi connectivity index (χ4n) is 5.05. The number of hydrogen-bond acceptors (Lipinski definition) is 9. The third kappa shape index (κ3) is 16.6. The Morgan fingerprint density at radius 2 is 0.614 bits per heavy atom. The number of rotatable bonds is 12. The Balaban J connectivity index is 0.000000271. The van der Waals surface area contributed by atoms with E-state index in [0.717, 1.165) is 34.5 Å². The summed E-state index contributed by atoms with van der Waals surface area (Å²) in [6.45, 7) is 4.44. The van der Waals surface area contributed by atoms with Gasteiger partial charge in [-0.3, -0.25) is 0 Å². The topological polar surface area (TPSA) is 46.2 Å². The maximum Gasteiger partial charge on any atom is 0.127 e. The van der Waals surface area contributed by atoms with Gasteiger partial charge < -0.3 is 23.7 Å². The highest BCUT2D eigenvalue weighted by Crippen LogP contribution is 2.33. The molecule has 0 saturated heterocycles. The van der Waals surface area contributed by atoms with E-state index in [1.165, 1.54) is 30.7 Å². The van der Waals surface area contributed by atoms with Crippen LogP contribution in [0.15, 0.2) is 165 Å². The zero-order valence-electron chi connectivity index (χ0n) is 34.0. The lowest BCUT2D eigenvalue weighted by molar-refractivity contribution is 0.411. The Hall–Kier alpha value is -4.28. The molecule has 0 aromatic heterocycles. The van der Waals surface area contributed by atoms with Crippen molar-refractivity contribution >= 4 is 47.0 Å². The Bertz CT molecular complexity index is 1810. The average molecular weight is 843 g/mol. The highest BCUT2D eigenvalue weighted by atomic mass is 32.2. The van der Waals surface area contributed by atoms with Crippen molar-refractivity contribution in [2.75, 3.05) is 53.5 Å². The maximum atomic E-state index is 5.67. The van der Waals surface area contributed by atoms with E-state index < -0.39 is 0 Å². The summed E-state index contributed by atoms with van der Waals surface area (Å²) in [6, 6.07) is 48.5. The van der Waals surface area contributed by atoms with Gasteiger partial charge in [0, 0.05) is 25.0 Å². The molecule has 0 heterocycles. The van der Waals surface area contributed by atoms with Crippen LogP contribution in [0.3, 0.4) is 0 Å². The summed E-state index contributed by atoms with van der Waals surface area (Å²) >= 11 is 7.13. The van der Waals surface area contributed by atoms with Gasteiger partial charge in [0.1, 0.15) is 34.5 Å². The first-order valence-corrected chi connectivity index (χ1v) is 22.6. The van der Waals surface area contributed by atoms with Crippen molar-refractivity contribution in [3.63, 3.8) is 0 Å². The van der Waals surface area contributed by atoms with Crippen molar-refractivity contribution in [3.8, 4) is 34.5 Å². The molecule has 0 aliphatic carbocycles. The van der Waals surface area contributed by atoms with Gasteiger partial charge in [0.2, 0.25) is 0 Å². The lowest BCUT2D eigenvalue weighted by Crippen LogP contribution is -2.18. The van der Waals surface area contributed by atoms with E-state index >= 15 is 0 Å². The molecule has 0 N–H and O–H groups in total. The van der Waals surface area contributed by atoms with E-state index in [0.29, 0.717) is 0 Å². The molecule has 0 amide bonds. The van der Waals surface area contributed by atoms with Gasteiger partial charge in [-0.2, -0.15) is 0 Å². The number of methoxy groups -OCH3 is 4. The summed E-state index contributed by atoms with van der Waals surface area (Å²) in [7, 11) is 6.64. The third-order valence-electron chi connectivity index (χ3n) is 8.55. The van der Waals surface area contributed by atoms with Gasteiger partial charge in [0.05, 0.1) is 28.4 Å². The molecule has 0 unspecified atom stereocenters. The Kier molecular flexibility index (Phi) is 22.8. The van der Waals surface area contributed by atoms with Crippen LogP contribution in [0.25, 0.3) is 0 Å². The van der Waals surface area contributed by atoms with Crippen LogP contribution in [-0.2, 0) is 5.41 Å². The number of benzene rings is 6. The molecule has 6 aromatic rings. The molecule has 0 atom stereocenters. The van der Waals surface area contributed by atoms with E-state index in [4.69, 9.17) is 23.7 Å². The first kappa shape index (κ1) is 48.9. The molecule has 9 heteroatoms. The molecule has 0 aliphatic rings. The second-order valence-corrected chi connectivity index (χ2v) is 15.8. The summed E-state index contributed by atoms with van der Waals surface area (Å²) < 4.78 is 26.2. The minimum absolute atomic E-state index is 0. The molecule has 6 aromatic carbocycles. The summed E-state index contributed by atoms with van der Waals surface area (Å²) in [6.07, 6.45) is 8.38. The average Bonchev–Trinajstić information content (AvgIpc) is 3.27. The van der Waals surface area contributed by atoms with Gasteiger partial charge in [0.15, 0.2) is 0 Å². The standard InChI is InChI=1S/C17H20O2.C14H14O3.2C8H10S2.CH4/c1-17(2,13-5-9-15(18-3)10-6-13)14-7-11-16(19-4)12-8-14;1-15-11-3-7-13(8-4-11)17-14-9-5-12(16-2)6-10-14;1-9-7-3-5-8(10-2)6-4-7;1-9-7-4-3-5-8(6-7)10-2;/h5-12H,1-4H3;3-10H,1-2H3;2*3-6H,1-2H3;1H4. The molecule has 0 bridgehead atoms. The molecule has 304 valence electrons. The lowest BCUT2D eigenvalue weighted by atomic mass is 9.78. The second kappa shape index (κ2) is 26.6. The number of hydrogen-bond donors (Lipinski definition) is 0. The first-order chi connectivity index (χ1) is 27.1. The predicted molar refractivity (Wildman–Crippen MR) is 251 cm³/mol. The normalized spacial score (nSPS) is 10.1. The molecule has 0 spiro atoms. The van der Waals surface area contributed by atoms with Crippen molar-refractivity contribution in [1.82, 2.24) is 0 Å². The minimum atomic E-state index is -0.0431. The molecular formula is C48H58O5S4. The fourth-order valence-corrected chi connectivity index (χ4v) is 6.86. The molecular weight excluding hydrogens is 785 g/mol. The van der Waals surface area contributed by atoms with Crippen molar-refractivity contribution in [1.29, 1.82) is 0 Å². The van der Waals surface area contributed by atoms with Crippen LogP contribution in [0.2, 0.25) is 0 Å². The SMILES string of the molecule is C.COc1ccc(C(C)(C)c2ccc(OC)cc2)cc1.COc1ccc(Oc2ccc(OC)cc2)cc1.CSc1ccc(SC)cc1.CSc1cccc(SC)c1. The van der Waals surface area contributed by atoms with Crippen LogP contribution in [0, 0.1) is 0 Å². The van der Waals surface area contributed by atoms with E-state index in [-0.39, 0.29) is 12.8 Å². The molecule has 0 fully saturated rings. The van der Waals surface area contributed by atoms with Gasteiger partial charge in [-0.25, -0.2) is 0 Å². The van der Waals surface area contributed by atoms with Crippen molar-refractivity contribution in [2.24, 2.45) is 0 Å². The summed E-state index contributed by atoms with van der Waals surface area (Å²) in [5.74, 6) is 4.94. The summed E-state index contributed by atoms with van der Waals surface area (Å²) in [4.78, 5) is 5.34. The van der Waals surface area contributed by atoms with Gasteiger partial charge in [-0.05, 0) is 151 Å².